The molecule has 0 aromatic heterocycles. The van der Waals surface area contributed by atoms with Gasteiger partial charge in [0.1, 0.15) is 5.78 Å². The summed E-state index contributed by atoms with van der Waals surface area (Å²) < 4.78 is 0. The molecule has 0 amide bonds. The molecule has 12 heavy (non-hydrogen) atoms. The Morgan fingerprint density at radius 2 is 2.33 bits per heavy atom. The highest BCUT2D eigenvalue weighted by Gasteiger charge is 2.42. The van der Waals surface area contributed by atoms with Crippen LogP contribution in [0.2, 0.25) is 0 Å². The van der Waals surface area contributed by atoms with E-state index in [1.54, 1.807) is 6.92 Å². The van der Waals surface area contributed by atoms with Gasteiger partial charge in [-0.1, -0.05) is 12.2 Å². The van der Waals surface area contributed by atoms with E-state index in [-0.39, 0.29) is 6.04 Å². The Morgan fingerprint density at radius 1 is 1.58 bits per heavy atom. The average Bonchev–Trinajstić information content (AvgIpc) is 2.44. The third-order valence-corrected chi connectivity index (χ3v) is 3.12. The van der Waals surface area contributed by atoms with Crippen molar-refractivity contribution in [1.29, 1.82) is 0 Å². The standard InChI is InChI=1S/C10H15NO/c1-7(12)10-9-5-3-4-8(9)6-11(10)2/h3,5,8-10H,4,6H2,1-2H3/t8-,9-,10+/m0/s1. The normalized spacial score (nSPS) is 40.3. The zero-order valence-electron chi connectivity index (χ0n) is 7.66. The first-order valence-electron chi connectivity index (χ1n) is 4.57. The minimum absolute atomic E-state index is 0.161. The van der Waals surface area contributed by atoms with Gasteiger partial charge in [0.15, 0.2) is 0 Å². The van der Waals surface area contributed by atoms with Gasteiger partial charge in [-0.3, -0.25) is 9.69 Å². The molecular weight excluding hydrogens is 150 g/mol. The summed E-state index contributed by atoms with van der Waals surface area (Å²) in [6, 6.07) is 0.161. The van der Waals surface area contributed by atoms with Crippen molar-refractivity contribution < 1.29 is 4.79 Å². The van der Waals surface area contributed by atoms with Crippen LogP contribution >= 0.6 is 0 Å². The lowest BCUT2D eigenvalue weighted by molar-refractivity contribution is -0.121. The van der Waals surface area contributed by atoms with E-state index in [0.29, 0.717) is 17.6 Å². The van der Waals surface area contributed by atoms with Gasteiger partial charge < -0.3 is 0 Å². The molecule has 2 heteroatoms. The Hall–Kier alpha value is -0.630. The molecule has 2 aliphatic rings. The minimum atomic E-state index is 0.161. The largest absolute Gasteiger partial charge is 0.298 e. The number of rotatable bonds is 1. The van der Waals surface area contributed by atoms with E-state index in [1.165, 1.54) is 6.42 Å². The Labute approximate surface area is 73.2 Å². The molecule has 2 rings (SSSR count). The van der Waals surface area contributed by atoms with E-state index in [9.17, 15) is 4.79 Å². The quantitative estimate of drug-likeness (QED) is 0.542. The maximum Gasteiger partial charge on any atom is 0.147 e. The summed E-state index contributed by atoms with van der Waals surface area (Å²) in [5.41, 5.74) is 0. The number of hydrogen-bond acceptors (Lipinski definition) is 2. The van der Waals surface area contributed by atoms with Crippen LogP contribution in [-0.2, 0) is 4.79 Å². The van der Waals surface area contributed by atoms with Gasteiger partial charge in [0, 0.05) is 12.5 Å². The van der Waals surface area contributed by atoms with Crippen LogP contribution in [-0.4, -0.2) is 30.3 Å². The number of likely N-dealkylation sites (N-methyl/N-ethyl adjacent to an activating group) is 1. The summed E-state index contributed by atoms with van der Waals surface area (Å²) in [5.74, 6) is 1.54. The summed E-state index contributed by atoms with van der Waals surface area (Å²) in [7, 11) is 2.05. The number of nitrogens with zero attached hydrogens (tertiary/aromatic N) is 1. The van der Waals surface area contributed by atoms with Crippen molar-refractivity contribution in [3.05, 3.63) is 12.2 Å². The number of ketones is 1. The van der Waals surface area contributed by atoms with Crippen molar-refractivity contribution in [2.75, 3.05) is 13.6 Å². The molecule has 0 saturated carbocycles. The van der Waals surface area contributed by atoms with Crippen molar-refractivity contribution in [2.24, 2.45) is 11.8 Å². The molecule has 0 spiro atoms. The van der Waals surface area contributed by atoms with Crippen molar-refractivity contribution in [2.45, 2.75) is 19.4 Å². The van der Waals surface area contributed by atoms with E-state index < -0.39 is 0 Å². The number of hydrogen-bond donors (Lipinski definition) is 0. The molecule has 0 aromatic rings. The SMILES string of the molecule is CC(=O)[C@@H]1[C@H]2C=CC[C@H]2CN1C. The fourth-order valence-electron chi connectivity index (χ4n) is 2.64. The molecule has 1 fully saturated rings. The molecule has 0 N–H and O–H groups in total. The van der Waals surface area contributed by atoms with Crippen LogP contribution < -0.4 is 0 Å². The second kappa shape index (κ2) is 2.70. The fraction of sp³-hybridized carbons (Fsp3) is 0.700. The summed E-state index contributed by atoms with van der Waals surface area (Å²) >= 11 is 0. The monoisotopic (exact) mass is 165 g/mol. The molecule has 1 heterocycles. The molecule has 66 valence electrons. The Kier molecular flexibility index (Phi) is 1.80. The topological polar surface area (TPSA) is 20.3 Å². The molecule has 1 aliphatic heterocycles. The van der Waals surface area contributed by atoms with Gasteiger partial charge in [-0.05, 0) is 26.3 Å². The van der Waals surface area contributed by atoms with Gasteiger partial charge in [-0.2, -0.15) is 0 Å². The average molecular weight is 165 g/mol. The summed E-state index contributed by atoms with van der Waals surface area (Å²) in [4.78, 5) is 13.5. The van der Waals surface area contributed by atoms with Gasteiger partial charge in [0.25, 0.3) is 0 Å². The highest BCUT2D eigenvalue weighted by molar-refractivity contribution is 5.82. The fourth-order valence-corrected chi connectivity index (χ4v) is 2.64. The first kappa shape index (κ1) is 7.99. The van der Waals surface area contributed by atoms with Crippen molar-refractivity contribution >= 4 is 5.78 Å². The van der Waals surface area contributed by atoms with E-state index >= 15 is 0 Å². The third-order valence-electron chi connectivity index (χ3n) is 3.12. The Morgan fingerprint density at radius 3 is 3.00 bits per heavy atom. The van der Waals surface area contributed by atoms with Crippen LogP contribution in [0.3, 0.4) is 0 Å². The Bertz CT molecular complexity index is 234. The number of likely N-dealkylation sites (tertiary alicyclic amines) is 1. The number of carbonyl (C=O) groups is 1. The van der Waals surface area contributed by atoms with E-state index in [2.05, 4.69) is 24.1 Å². The predicted molar refractivity (Wildman–Crippen MR) is 47.8 cm³/mol. The molecule has 3 atom stereocenters. The van der Waals surface area contributed by atoms with Crippen LogP contribution in [0, 0.1) is 11.8 Å². The maximum atomic E-state index is 11.3. The van der Waals surface area contributed by atoms with Gasteiger partial charge in [-0.25, -0.2) is 0 Å². The lowest BCUT2D eigenvalue weighted by Gasteiger charge is -2.19. The molecule has 1 aliphatic carbocycles. The second-order valence-electron chi connectivity index (χ2n) is 4.00. The van der Waals surface area contributed by atoms with Gasteiger partial charge >= 0.3 is 0 Å². The number of allylic oxidation sites excluding steroid dienone is 1. The first-order chi connectivity index (χ1) is 5.70. The van der Waals surface area contributed by atoms with Crippen molar-refractivity contribution in [3.63, 3.8) is 0 Å². The number of carbonyl (C=O) groups excluding carboxylic acids is 1. The Balaban J connectivity index is 2.21. The van der Waals surface area contributed by atoms with Crippen LogP contribution in [0.1, 0.15) is 13.3 Å². The molecule has 1 saturated heterocycles. The van der Waals surface area contributed by atoms with Gasteiger partial charge in [0.05, 0.1) is 6.04 Å². The maximum absolute atomic E-state index is 11.3. The zero-order chi connectivity index (χ0) is 8.72. The van der Waals surface area contributed by atoms with E-state index in [4.69, 9.17) is 0 Å². The van der Waals surface area contributed by atoms with Crippen LogP contribution in [0.15, 0.2) is 12.2 Å². The second-order valence-corrected chi connectivity index (χ2v) is 4.00. The summed E-state index contributed by atoms with van der Waals surface area (Å²) in [6.45, 7) is 2.79. The molecule has 0 bridgehead atoms. The van der Waals surface area contributed by atoms with Crippen LogP contribution in [0.25, 0.3) is 0 Å². The lowest BCUT2D eigenvalue weighted by atomic mass is 9.92. The van der Waals surface area contributed by atoms with Gasteiger partial charge in [0.2, 0.25) is 0 Å². The zero-order valence-corrected chi connectivity index (χ0v) is 7.66. The molecule has 0 aromatic carbocycles. The molecule has 2 nitrogen and oxygen atoms in total. The summed E-state index contributed by atoms with van der Waals surface area (Å²) in [6.07, 6.45) is 5.61. The number of Topliss-reactive ketones (excluding diaryl/α,β-unsaturated/α-hetero) is 1. The minimum Gasteiger partial charge on any atom is -0.298 e. The highest BCUT2D eigenvalue weighted by Crippen LogP contribution is 2.36. The smallest absolute Gasteiger partial charge is 0.147 e. The molecule has 0 radical (unpaired) electrons. The molecular formula is C10H15NO. The van der Waals surface area contributed by atoms with Crippen molar-refractivity contribution in [1.82, 2.24) is 4.90 Å². The number of fused-ring (bicyclic) bond motifs is 1. The summed E-state index contributed by atoms with van der Waals surface area (Å²) in [5, 5.41) is 0. The molecule has 0 unspecified atom stereocenters. The van der Waals surface area contributed by atoms with Gasteiger partial charge in [-0.15, -0.1) is 0 Å². The predicted octanol–water partition coefficient (Wildman–Crippen LogP) is 1.08. The van der Waals surface area contributed by atoms with Crippen molar-refractivity contribution in [3.8, 4) is 0 Å². The lowest BCUT2D eigenvalue weighted by Crippen LogP contribution is -2.34. The van der Waals surface area contributed by atoms with E-state index in [0.717, 1.165) is 6.54 Å². The van der Waals surface area contributed by atoms with E-state index in [1.807, 2.05) is 0 Å². The first-order valence-corrected chi connectivity index (χ1v) is 4.57. The van der Waals surface area contributed by atoms with Crippen LogP contribution in [0.5, 0.6) is 0 Å². The van der Waals surface area contributed by atoms with Crippen LogP contribution in [0.4, 0.5) is 0 Å². The highest BCUT2D eigenvalue weighted by atomic mass is 16.1. The third kappa shape index (κ3) is 1.02.